The van der Waals surface area contributed by atoms with E-state index in [1.54, 1.807) is 12.1 Å². The molecular weight excluding hydrogens is 611 g/mol. The third-order valence-electron chi connectivity index (χ3n) is 9.74. The van der Waals surface area contributed by atoms with Crippen molar-refractivity contribution in [3.63, 3.8) is 0 Å². The molecule has 2 aromatic rings. The van der Waals surface area contributed by atoms with Crippen LogP contribution >= 0.6 is 0 Å². The quantitative estimate of drug-likeness (QED) is 0.112. The van der Waals surface area contributed by atoms with E-state index in [4.69, 9.17) is 5.73 Å². The molecule has 4 aliphatic heterocycles. The van der Waals surface area contributed by atoms with Crippen LogP contribution in [0.15, 0.2) is 30.3 Å². The lowest BCUT2D eigenvalue weighted by Gasteiger charge is -2.36. The van der Waals surface area contributed by atoms with E-state index >= 15 is 4.39 Å². The monoisotopic (exact) mass is 650 g/mol. The molecular formula is C32H39FN8O6. The molecule has 0 radical (unpaired) electrons. The van der Waals surface area contributed by atoms with Crippen molar-refractivity contribution < 1.29 is 28.5 Å². The van der Waals surface area contributed by atoms with Crippen molar-refractivity contribution in [2.75, 3.05) is 74.4 Å². The fourth-order valence-electron chi connectivity index (χ4n) is 6.99. The van der Waals surface area contributed by atoms with Gasteiger partial charge in [-0.15, -0.1) is 0 Å². The summed E-state index contributed by atoms with van der Waals surface area (Å²) in [6, 6.07) is 6.32. The Morgan fingerprint density at radius 1 is 0.915 bits per heavy atom. The van der Waals surface area contributed by atoms with Crippen molar-refractivity contribution in [3.8, 4) is 0 Å². The summed E-state index contributed by atoms with van der Waals surface area (Å²) in [7, 11) is 0. The molecule has 6 rings (SSSR count). The molecule has 0 aliphatic carbocycles. The summed E-state index contributed by atoms with van der Waals surface area (Å²) >= 11 is 0. The van der Waals surface area contributed by atoms with Gasteiger partial charge in [-0.05, 0) is 62.4 Å². The Hall–Kier alpha value is -4.63. The molecule has 2 aromatic carbocycles. The van der Waals surface area contributed by atoms with E-state index in [-0.39, 0.29) is 41.0 Å². The van der Waals surface area contributed by atoms with Gasteiger partial charge in [0.1, 0.15) is 17.5 Å². The number of carbonyl (C=O) groups is 4. The van der Waals surface area contributed by atoms with Gasteiger partial charge in [0.05, 0.1) is 21.7 Å². The van der Waals surface area contributed by atoms with Gasteiger partial charge in [-0.1, -0.05) is 0 Å². The number of benzene rings is 2. The number of imide groups is 2. The number of hydrogen-bond acceptors (Lipinski definition) is 11. The Kier molecular flexibility index (Phi) is 9.36. The minimum atomic E-state index is -1.09. The molecule has 15 heteroatoms. The molecule has 4 N–H and O–H groups in total. The number of hydrogen-bond donors (Lipinski definition) is 3. The third kappa shape index (κ3) is 6.76. The van der Waals surface area contributed by atoms with Gasteiger partial charge >= 0.3 is 0 Å². The number of nitro groups is 1. The van der Waals surface area contributed by atoms with Gasteiger partial charge in [-0.25, -0.2) is 4.39 Å². The maximum absolute atomic E-state index is 15.2. The van der Waals surface area contributed by atoms with Crippen LogP contribution in [0.2, 0.25) is 0 Å². The number of fused-ring (bicyclic) bond motifs is 1. The van der Waals surface area contributed by atoms with Crippen LogP contribution < -0.4 is 26.2 Å². The molecule has 1 unspecified atom stereocenters. The zero-order chi connectivity index (χ0) is 33.2. The summed E-state index contributed by atoms with van der Waals surface area (Å²) in [6.45, 7) is 7.37. The van der Waals surface area contributed by atoms with E-state index in [1.807, 2.05) is 4.90 Å². The third-order valence-corrected chi connectivity index (χ3v) is 9.74. The number of rotatable bonds is 10. The lowest BCUT2D eigenvalue weighted by molar-refractivity contribution is -0.383. The van der Waals surface area contributed by atoms with Crippen LogP contribution in [-0.4, -0.2) is 103 Å². The molecule has 4 aliphatic rings. The van der Waals surface area contributed by atoms with Gasteiger partial charge in [0, 0.05) is 70.5 Å². The fourth-order valence-corrected chi connectivity index (χ4v) is 6.99. The lowest BCUT2D eigenvalue weighted by Crippen LogP contribution is -2.54. The Balaban J connectivity index is 0.916. The number of anilines is 3. The molecule has 1 atom stereocenters. The first-order valence-electron chi connectivity index (χ1n) is 16.1. The largest absolute Gasteiger partial charge is 0.393 e. The summed E-state index contributed by atoms with van der Waals surface area (Å²) in [5, 5.41) is 16.7. The molecule has 0 saturated carbocycles. The second-order valence-electron chi connectivity index (χ2n) is 12.6. The summed E-state index contributed by atoms with van der Waals surface area (Å²) in [6.07, 6.45) is 2.83. The van der Waals surface area contributed by atoms with Crippen molar-refractivity contribution in [2.24, 2.45) is 5.92 Å². The van der Waals surface area contributed by atoms with Gasteiger partial charge in [-0.2, -0.15) is 0 Å². The van der Waals surface area contributed by atoms with E-state index in [0.29, 0.717) is 19.0 Å². The number of nitrogens with zero attached hydrogens (tertiary/aromatic N) is 5. The predicted octanol–water partition coefficient (Wildman–Crippen LogP) is 1.74. The van der Waals surface area contributed by atoms with Crippen LogP contribution in [0.4, 0.5) is 27.1 Å². The van der Waals surface area contributed by atoms with Crippen LogP contribution in [0.5, 0.6) is 0 Å². The first kappa shape index (κ1) is 32.3. The Labute approximate surface area is 271 Å². The minimum absolute atomic E-state index is 0.0233. The molecule has 14 nitrogen and oxygen atoms in total. The van der Waals surface area contributed by atoms with Crippen molar-refractivity contribution in [2.45, 2.75) is 38.1 Å². The number of nitro benzene ring substituents is 1. The number of piperidine rings is 2. The average Bonchev–Trinajstić information content (AvgIpc) is 3.29. The van der Waals surface area contributed by atoms with E-state index in [2.05, 4.69) is 20.4 Å². The molecule has 3 saturated heterocycles. The molecule has 0 spiro atoms. The van der Waals surface area contributed by atoms with Crippen LogP contribution in [0.3, 0.4) is 0 Å². The Morgan fingerprint density at radius 2 is 1.62 bits per heavy atom. The number of carbonyl (C=O) groups excluding carboxylic acids is 4. The van der Waals surface area contributed by atoms with Gasteiger partial charge in [0.15, 0.2) is 0 Å². The second kappa shape index (κ2) is 13.6. The topological polar surface area (TPSA) is 174 Å². The normalized spacial score (nSPS) is 21.0. The summed E-state index contributed by atoms with van der Waals surface area (Å²) in [4.78, 5) is 67.9. The molecule has 4 amide bonds. The highest BCUT2D eigenvalue weighted by Gasteiger charge is 2.45. The van der Waals surface area contributed by atoms with Gasteiger partial charge in [-0.3, -0.25) is 44.4 Å². The number of nitrogen functional groups attached to an aromatic ring is 1. The highest BCUT2D eigenvalue weighted by molar-refractivity contribution is 6.23. The summed E-state index contributed by atoms with van der Waals surface area (Å²) in [5.74, 6) is -2.59. The molecule has 0 aromatic heterocycles. The molecule has 4 heterocycles. The molecule has 3 fully saturated rings. The van der Waals surface area contributed by atoms with E-state index in [1.165, 1.54) is 12.1 Å². The van der Waals surface area contributed by atoms with Crippen LogP contribution in [0.25, 0.3) is 0 Å². The Bertz CT molecular complexity index is 1590. The van der Waals surface area contributed by atoms with Crippen molar-refractivity contribution >= 4 is 46.4 Å². The number of piperazine rings is 1. The lowest BCUT2D eigenvalue weighted by atomic mass is 9.93. The Morgan fingerprint density at radius 3 is 2.28 bits per heavy atom. The van der Waals surface area contributed by atoms with Crippen molar-refractivity contribution in [1.82, 2.24) is 20.4 Å². The van der Waals surface area contributed by atoms with Crippen LogP contribution in [0, 0.1) is 21.8 Å². The standard InChI is InChI=1S/C32H39FN8O6/c33-24-18-22-23(32(45)40(31(22)44)27-3-4-29(42)36-30(27)43)19-28(24)39-10-6-20(7-11-39)5-8-35-9-12-37-13-15-38(16-14-37)21-1-2-26(41(46)47)25(34)17-21/h1-2,17-20,27,35H,3-16,34H2,(H,36,42,43). The predicted molar refractivity (Wildman–Crippen MR) is 172 cm³/mol. The summed E-state index contributed by atoms with van der Waals surface area (Å²) in [5.41, 5.74) is 7.17. The zero-order valence-electron chi connectivity index (χ0n) is 26.1. The second-order valence-corrected chi connectivity index (χ2v) is 12.6. The molecule has 250 valence electrons. The average molecular weight is 651 g/mol. The van der Waals surface area contributed by atoms with Crippen LogP contribution in [-0.2, 0) is 9.59 Å². The molecule has 0 bridgehead atoms. The fraction of sp³-hybridized carbons (Fsp3) is 0.500. The zero-order valence-corrected chi connectivity index (χ0v) is 26.1. The van der Waals surface area contributed by atoms with Gasteiger partial charge in [0.25, 0.3) is 17.5 Å². The van der Waals surface area contributed by atoms with Crippen LogP contribution in [0.1, 0.15) is 52.8 Å². The maximum Gasteiger partial charge on any atom is 0.292 e. The first-order chi connectivity index (χ1) is 22.6. The first-order valence-corrected chi connectivity index (χ1v) is 16.1. The van der Waals surface area contributed by atoms with Gasteiger partial charge in [0.2, 0.25) is 11.8 Å². The summed E-state index contributed by atoms with van der Waals surface area (Å²) < 4.78 is 15.2. The van der Waals surface area contributed by atoms with E-state index in [9.17, 15) is 29.3 Å². The highest BCUT2D eigenvalue weighted by atomic mass is 19.1. The van der Waals surface area contributed by atoms with E-state index in [0.717, 1.165) is 81.7 Å². The smallest absolute Gasteiger partial charge is 0.292 e. The maximum atomic E-state index is 15.2. The number of nitrogens with one attached hydrogen (secondary N) is 2. The number of amides is 4. The molecule has 47 heavy (non-hydrogen) atoms. The van der Waals surface area contributed by atoms with E-state index < -0.39 is 40.4 Å². The SMILES string of the molecule is Nc1cc(N2CCN(CCNCCC3CCN(c4cc5c(cc4F)C(=O)N(C4CCC(=O)NC4=O)C5=O)CC3)CC2)ccc1[N+](=O)[O-]. The van der Waals surface area contributed by atoms with Gasteiger partial charge < -0.3 is 20.9 Å². The van der Waals surface area contributed by atoms with Crippen molar-refractivity contribution in [1.29, 1.82) is 0 Å². The number of halogens is 1. The van der Waals surface area contributed by atoms with Crippen molar-refractivity contribution in [3.05, 3.63) is 57.4 Å². The minimum Gasteiger partial charge on any atom is -0.393 e. The highest BCUT2D eigenvalue weighted by Crippen LogP contribution is 2.34. The number of nitrogens with two attached hydrogens (primary N) is 1.